The van der Waals surface area contributed by atoms with Crippen LogP contribution in [0.4, 0.5) is 0 Å². The number of methoxy groups -OCH3 is 1. The Morgan fingerprint density at radius 2 is 1.93 bits per heavy atom. The van der Waals surface area contributed by atoms with E-state index in [1.807, 2.05) is 43.8 Å². The molecule has 1 aliphatic heterocycles. The number of ether oxygens (including phenoxy) is 2. The maximum atomic E-state index is 12.8. The lowest BCUT2D eigenvalue weighted by Crippen LogP contribution is -2.37. The van der Waals surface area contributed by atoms with Crippen LogP contribution in [0.15, 0.2) is 47.4 Å². The third-order valence-electron chi connectivity index (χ3n) is 5.58. The molecule has 0 spiro atoms. The zero-order valence-electron chi connectivity index (χ0n) is 17.9. The lowest BCUT2D eigenvalue weighted by atomic mass is 9.95. The van der Waals surface area contributed by atoms with Crippen molar-refractivity contribution in [3.63, 3.8) is 0 Å². The number of hydrogen-bond donors (Lipinski definition) is 1. The van der Waals surface area contributed by atoms with Gasteiger partial charge in [-0.15, -0.1) is 11.8 Å². The van der Waals surface area contributed by atoms with Gasteiger partial charge in [0.15, 0.2) is 0 Å². The minimum absolute atomic E-state index is 0.0436. The highest BCUT2D eigenvalue weighted by molar-refractivity contribution is 8.00. The van der Waals surface area contributed by atoms with E-state index in [-0.39, 0.29) is 18.1 Å². The van der Waals surface area contributed by atoms with Crippen LogP contribution < -0.4 is 10.1 Å². The van der Waals surface area contributed by atoms with E-state index in [1.165, 1.54) is 5.56 Å². The first kappa shape index (κ1) is 21.7. The van der Waals surface area contributed by atoms with Gasteiger partial charge in [-0.1, -0.05) is 51.1 Å². The lowest BCUT2D eigenvalue weighted by Gasteiger charge is -2.26. The summed E-state index contributed by atoms with van der Waals surface area (Å²) in [5.74, 6) is 0.232. The number of fused-ring (bicyclic) bond motifs is 1. The molecular weight excluding hydrogens is 382 g/mol. The van der Waals surface area contributed by atoms with Crippen LogP contribution in [0, 0.1) is 0 Å². The van der Waals surface area contributed by atoms with Gasteiger partial charge in [0, 0.05) is 16.2 Å². The molecule has 1 heterocycles. The molecule has 0 radical (unpaired) electrons. The number of thioether (sulfide) groups is 1. The highest BCUT2D eigenvalue weighted by atomic mass is 32.2. The van der Waals surface area contributed by atoms with E-state index in [0.717, 1.165) is 23.3 Å². The van der Waals surface area contributed by atoms with Gasteiger partial charge in [-0.2, -0.15) is 0 Å². The molecule has 1 N–H and O–H groups in total. The molecular formula is C24H31NO3S. The summed E-state index contributed by atoms with van der Waals surface area (Å²) in [6.07, 6.45) is 1.69. The molecule has 156 valence electrons. The van der Waals surface area contributed by atoms with Crippen molar-refractivity contribution in [3.05, 3.63) is 59.2 Å². The Morgan fingerprint density at radius 1 is 1.21 bits per heavy atom. The fraction of sp³-hybridized carbons (Fsp3) is 0.458. The zero-order chi connectivity index (χ0) is 21.0. The minimum Gasteiger partial charge on any atom is -0.496 e. The third-order valence-corrected chi connectivity index (χ3v) is 6.89. The number of esters is 1. The Bertz CT molecular complexity index is 840. The highest BCUT2D eigenvalue weighted by Crippen LogP contribution is 2.42. The molecule has 5 heteroatoms. The van der Waals surface area contributed by atoms with E-state index in [9.17, 15) is 4.79 Å². The van der Waals surface area contributed by atoms with Crippen molar-refractivity contribution in [2.75, 3.05) is 7.11 Å². The average Bonchev–Trinajstić information content (AvgIpc) is 2.88. The molecule has 2 unspecified atom stereocenters. The van der Waals surface area contributed by atoms with Gasteiger partial charge in [-0.05, 0) is 43.0 Å². The van der Waals surface area contributed by atoms with Gasteiger partial charge >= 0.3 is 5.97 Å². The summed E-state index contributed by atoms with van der Waals surface area (Å²) in [5.41, 5.74) is 2.84. The van der Waals surface area contributed by atoms with Crippen molar-refractivity contribution in [1.82, 2.24) is 5.32 Å². The van der Waals surface area contributed by atoms with Gasteiger partial charge in [0.1, 0.15) is 11.3 Å². The number of rotatable bonds is 6. The fourth-order valence-corrected chi connectivity index (χ4v) is 4.99. The Balaban J connectivity index is 2.10. The zero-order valence-corrected chi connectivity index (χ0v) is 18.7. The van der Waals surface area contributed by atoms with Crippen LogP contribution >= 0.6 is 11.8 Å². The molecule has 29 heavy (non-hydrogen) atoms. The quantitative estimate of drug-likeness (QED) is 0.625. The van der Waals surface area contributed by atoms with E-state index in [2.05, 4.69) is 43.4 Å². The second-order valence-corrected chi connectivity index (χ2v) is 8.98. The van der Waals surface area contributed by atoms with Crippen LogP contribution in [-0.2, 0) is 4.74 Å². The molecule has 2 aromatic carbocycles. The Kier molecular flexibility index (Phi) is 7.25. The molecule has 0 saturated heterocycles. The van der Waals surface area contributed by atoms with E-state index >= 15 is 0 Å². The van der Waals surface area contributed by atoms with Crippen LogP contribution in [-0.4, -0.2) is 30.5 Å². The fourth-order valence-electron chi connectivity index (χ4n) is 3.65. The summed E-state index contributed by atoms with van der Waals surface area (Å²) in [4.78, 5) is 13.9. The summed E-state index contributed by atoms with van der Waals surface area (Å²) < 4.78 is 11.2. The van der Waals surface area contributed by atoms with Crippen LogP contribution in [0.1, 0.15) is 68.1 Å². The smallest absolute Gasteiger partial charge is 0.342 e. The first-order valence-corrected chi connectivity index (χ1v) is 11.3. The highest BCUT2D eigenvalue weighted by Gasteiger charge is 2.31. The number of hydrogen-bond acceptors (Lipinski definition) is 5. The Labute approximate surface area is 178 Å². The topological polar surface area (TPSA) is 47.6 Å². The maximum Gasteiger partial charge on any atom is 0.342 e. The number of carbonyl (C=O) groups is 1. The summed E-state index contributed by atoms with van der Waals surface area (Å²) >= 11 is 1.81. The van der Waals surface area contributed by atoms with E-state index in [1.54, 1.807) is 7.11 Å². The average molecular weight is 414 g/mol. The van der Waals surface area contributed by atoms with Crippen molar-refractivity contribution in [1.29, 1.82) is 0 Å². The maximum absolute atomic E-state index is 12.8. The SMILES string of the molecule is CCC(C)OC(=O)c1cc2c(cc1OC)[C@@H](c1ccccc1)N[C@H](CC)C(C)S2. The predicted molar refractivity (Wildman–Crippen MR) is 119 cm³/mol. The van der Waals surface area contributed by atoms with Crippen LogP contribution in [0.5, 0.6) is 5.75 Å². The summed E-state index contributed by atoms with van der Waals surface area (Å²) in [7, 11) is 1.61. The first-order chi connectivity index (χ1) is 14.0. The molecule has 0 aliphatic carbocycles. The molecule has 2 aromatic rings. The lowest BCUT2D eigenvalue weighted by molar-refractivity contribution is 0.0330. The van der Waals surface area contributed by atoms with Gasteiger partial charge < -0.3 is 14.8 Å². The van der Waals surface area contributed by atoms with E-state index in [0.29, 0.717) is 22.6 Å². The molecule has 4 atom stereocenters. The van der Waals surface area contributed by atoms with Crippen molar-refractivity contribution in [2.45, 2.75) is 68.9 Å². The van der Waals surface area contributed by atoms with Crippen molar-refractivity contribution >= 4 is 17.7 Å². The molecule has 1 aliphatic rings. The monoisotopic (exact) mass is 413 g/mol. The van der Waals surface area contributed by atoms with E-state index in [4.69, 9.17) is 9.47 Å². The second kappa shape index (κ2) is 9.68. The predicted octanol–water partition coefficient (Wildman–Crippen LogP) is 5.60. The summed E-state index contributed by atoms with van der Waals surface area (Å²) in [6, 6.07) is 14.8. The van der Waals surface area contributed by atoms with Gasteiger partial charge in [-0.3, -0.25) is 0 Å². The molecule has 3 rings (SSSR count). The van der Waals surface area contributed by atoms with Gasteiger partial charge in [0.2, 0.25) is 0 Å². The number of benzene rings is 2. The largest absolute Gasteiger partial charge is 0.496 e. The number of carbonyl (C=O) groups excluding carboxylic acids is 1. The second-order valence-electron chi connectivity index (χ2n) is 7.56. The summed E-state index contributed by atoms with van der Waals surface area (Å²) in [5, 5.41) is 4.21. The van der Waals surface area contributed by atoms with E-state index < -0.39 is 0 Å². The molecule has 0 fully saturated rings. The van der Waals surface area contributed by atoms with Crippen LogP contribution in [0.3, 0.4) is 0 Å². The van der Waals surface area contributed by atoms with Crippen molar-refractivity contribution in [2.24, 2.45) is 0 Å². The van der Waals surface area contributed by atoms with Gasteiger partial charge in [0.25, 0.3) is 0 Å². The van der Waals surface area contributed by atoms with Gasteiger partial charge in [0.05, 0.1) is 19.3 Å². The Morgan fingerprint density at radius 3 is 2.55 bits per heavy atom. The first-order valence-electron chi connectivity index (χ1n) is 10.4. The normalized spacial score (nSPS) is 22.3. The van der Waals surface area contributed by atoms with Crippen LogP contribution in [0.25, 0.3) is 0 Å². The molecule has 0 saturated carbocycles. The standard InChI is InChI=1S/C24H31NO3S/c1-6-15(3)28-24(26)18-14-22-19(13-21(18)27-5)23(17-11-9-8-10-12-17)25-20(7-2)16(4)29-22/h8-16,20,23,25H,6-7H2,1-5H3/t15?,16?,20-,23-/m1/s1. The summed E-state index contributed by atoms with van der Waals surface area (Å²) in [6.45, 7) is 8.36. The molecule has 0 bridgehead atoms. The molecule has 0 amide bonds. The third kappa shape index (κ3) is 4.78. The van der Waals surface area contributed by atoms with Crippen LogP contribution in [0.2, 0.25) is 0 Å². The number of nitrogens with one attached hydrogen (secondary N) is 1. The molecule has 0 aromatic heterocycles. The minimum atomic E-state index is -0.326. The van der Waals surface area contributed by atoms with Crippen molar-refractivity contribution < 1.29 is 14.3 Å². The van der Waals surface area contributed by atoms with Gasteiger partial charge in [-0.25, -0.2) is 4.79 Å². The Hall–Kier alpha value is -1.98. The molecule has 4 nitrogen and oxygen atoms in total. The van der Waals surface area contributed by atoms with Crippen molar-refractivity contribution in [3.8, 4) is 5.75 Å².